The number of fused-ring (bicyclic) bond motifs is 1. The standard InChI is InChI=1S/C20H17N5O4S/c1-12-7-8-25-10-15(22-16(25)9-12)20(27)29-11-17-23-24-19(30-17)18(26)21-13-3-5-14(28-2)6-4-13/h3-10H,11H2,1-2H3,(H,21,26). The van der Waals surface area contributed by atoms with Crippen LogP contribution in [0, 0.1) is 6.92 Å². The second kappa shape index (κ2) is 8.29. The molecule has 30 heavy (non-hydrogen) atoms. The summed E-state index contributed by atoms with van der Waals surface area (Å²) in [6.45, 7) is 1.85. The summed E-state index contributed by atoms with van der Waals surface area (Å²) in [5.41, 5.74) is 2.51. The number of esters is 1. The maximum atomic E-state index is 12.3. The molecule has 9 nitrogen and oxygen atoms in total. The zero-order chi connectivity index (χ0) is 21.1. The fraction of sp³-hybridized carbons (Fsp3) is 0.150. The minimum absolute atomic E-state index is 0.0980. The smallest absolute Gasteiger partial charge is 0.358 e. The van der Waals surface area contributed by atoms with E-state index >= 15 is 0 Å². The summed E-state index contributed by atoms with van der Waals surface area (Å²) in [6.07, 6.45) is 3.43. The molecule has 0 saturated heterocycles. The lowest BCUT2D eigenvalue weighted by Gasteiger charge is -2.04. The van der Waals surface area contributed by atoms with Gasteiger partial charge in [0.1, 0.15) is 18.0 Å². The lowest BCUT2D eigenvalue weighted by molar-refractivity contribution is 0.0465. The maximum Gasteiger partial charge on any atom is 0.358 e. The number of methoxy groups -OCH3 is 1. The van der Waals surface area contributed by atoms with E-state index in [0.717, 1.165) is 16.9 Å². The van der Waals surface area contributed by atoms with E-state index in [-0.39, 0.29) is 17.3 Å². The molecule has 1 aromatic carbocycles. The number of anilines is 1. The van der Waals surface area contributed by atoms with Gasteiger partial charge in [0.2, 0.25) is 5.01 Å². The van der Waals surface area contributed by atoms with Gasteiger partial charge in [-0.1, -0.05) is 11.3 Å². The molecule has 4 rings (SSSR count). The van der Waals surface area contributed by atoms with Crippen molar-refractivity contribution >= 4 is 34.5 Å². The summed E-state index contributed by atoms with van der Waals surface area (Å²) in [7, 11) is 1.57. The Kier molecular flexibility index (Phi) is 5.40. The minimum atomic E-state index is -0.573. The van der Waals surface area contributed by atoms with Gasteiger partial charge in [0.05, 0.1) is 7.11 Å². The van der Waals surface area contributed by atoms with Gasteiger partial charge in [-0.25, -0.2) is 9.78 Å². The summed E-state index contributed by atoms with van der Waals surface area (Å²) in [5, 5.41) is 11.1. The number of aryl methyl sites for hydroxylation is 1. The molecule has 0 spiro atoms. The SMILES string of the molecule is COc1ccc(NC(=O)c2nnc(COC(=O)c3cn4ccc(C)cc4n3)s2)cc1. The van der Waals surface area contributed by atoms with Crippen LogP contribution >= 0.6 is 11.3 Å². The van der Waals surface area contributed by atoms with Crippen molar-refractivity contribution in [3.8, 4) is 5.75 Å². The first-order valence-electron chi connectivity index (χ1n) is 8.92. The van der Waals surface area contributed by atoms with Crippen LogP contribution in [0.3, 0.4) is 0 Å². The number of hydrogen-bond donors (Lipinski definition) is 1. The van der Waals surface area contributed by atoms with Crippen molar-refractivity contribution in [2.45, 2.75) is 13.5 Å². The highest BCUT2D eigenvalue weighted by atomic mass is 32.1. The molecule has 0 fully saturated rings. The summed E-state index contributed by atoms with van der Waals surface area (Å²) in [4.78, 5) is 28.9. The third kappa shape index (κ3) is 4.28. The Morgan fingerprint density at radius 1 is 1.17 bits per heavy atom. The van der Waals surface area contributed by atoms with Crippen LogP contribution < -0.4 is 10.1 Å². The highest BCUT2D eigenvalue weighted by Crippen LogP contribution is 2.18. The van der Waals surface area contributed by atoms with E-state index in [4.69, 9.17) is 9.47 Å². The number of nitrogens with one attached hydrogen (secondary N) is 1. The number of hydrogen-bond acceptors (Lipinski definition) is 8. The predicted molar refractivity (Wildman–Crippen MR) is 110 cm³/mol. The number of amides is 1. The number of rotatable bonds is 6. The van der Waals surface area contributed by atoms with Gasteiger partial charge in [-0.15, -0.1) is 10.2 Å². The van der Waals surface area contributed by atoms with Crippen LogP contribution in [0.15, 0.2) is 48.8 Å². The van der Waals surface area contributed by atoms with E-state index in [0.29, 0.717) is 22.1 Å². The van der Waals surface area contributed by atoms with Crippen LogP contribution in [0.1, 0.15) is 30.9 Å². The molecule has 0 aliphatic heterocycles. The van der Waals surface area contributed by atoms with E-state index in [9.17, 15) is 9.59 Å². The number of benzene rings is 1. The van der Waals surface area contributed by atoms with E-state index < -0.39 is 11.9 Å². The lowest BCUT2D eigenvalue weighted by Crippen LogP contribution is -2.11. The van der Waals surface area contributed by atoms with Crippen molar-refractivity contribution in [2.24, 2.45) is 0 Å². The molecule has 0 unspecified atom stereocenters. The number of aromatic nitrogens is 4. The minimum Gasteiger partial charge on any atom is -0.497 e. The Hall–Kier alpha value is -3.79. The van der Waals surface area contributed by atoms with Crippen molar-refractivity contribution in [1.82, 2.24) is 19.6 Å². The van der Waals surface area contributed by atoms with Crippen LogP contribution in [0.25, 0.3) is 5.65 Å². The number of carbonyl (C=O) groups is 2. The Morgan fingerprint density at radius 3 is 2.73 bits per heavy atom. The fourth-order valence-electron chi connectivity index (χ4n) is 2.65. The predicted octanol–water partition coefficient (Wildman–Crippen LogP) is 3.11. The van der Waals surface area contributed by atoms with Gasteiger partial charge < -0.3 is 19.2 Å². The highest BCUT2D eigenvalue weighted by molar-refractivity contribution is 7.13. The van der Waals surface area contributed by atoms with Crippen molar-refractivity contribution in [3.63, 3.8) is 0 Å². The Balaban J connectivity index is 1.36. The lowest BCUT2D eigenvalue weighted by atomic mass is 10.3. The third-order valence-corrected chi connectivity index (χ3v) is 5.06. The van der Waals surface area contributed by atoms with Gasteiger partial charge in [-0.3, -0.25) is 4.79 Å². The van der Waals surface area contributed by atoms with Gasteiger partial charge in [0.15, 0.2) is 10.7 Å². The topological polar surface area (TPSA) is 108 Å². The molecule has 3 aromatic heterocycles. The van der Waals surface area contributed by atoms with Gasteiger partial charge in [0, 0.05) is 18.1 Å². The number of carbonyl (C=O) groups excluding carboxylic acids is 2. The maximum absolute atomic E-state index is 12.3. The van der Waals surface area contributed by atoms with Gasteiger partial charge in [0.25, 0.3) is 5.91 Å². The second-order valence-corrected chi connectivity index (χ2v) is 7.42. The molecule has 3 heterocycles. The normalized spacial score (nSPS) is 10.7. The summed E-state index contributed by atoms with van der Waals surface area (Å²) in [6, 6.07) is 10.7. The van der Waals surface area contributed by atoms with Crippen molar-refractivity contribution in [1.29, 1.82) is 0 Å². The molecule has 1 N–H and O–H groups in total. The van der Waals surface area contributed by atoms with Crippen LogP contribution in [0.5, 0.6) is 5.75 Å². The molecule has 0 bridgehead atoms. The van der Waals surface area contributed by atoms with Crippen molar-refractivity contribution in [3.05, 3.63) is 70.1 Å². The zero-order valence-corrected chi connectivity index (χ0v) is 17.0. The number of pyridine rings is 1. The zero-order valence-electron chi connectivity index (χ0n) is 16.2. The fourth-order valence-corrected chi connectivity index (χ4v) is 3.29. The molecular formula is C20H17N5O4S. The number of imidazole rings is 1. The molecule has 10 heteroatoms. The van der Waals surface area contributed by atoms with Gasteiger partial charge >= 0.3 is 5.97 Å². The Bertz CT molecular complexity index is 1220. The first-order valence-corrected chi connectivity index (χ1v) is 9.74. The highest BCUT2D eigenvalue weighted by Gasteiger charge is 2.16. The second-order valence-electron chi connectivity index (χ2n) is 6.36. The molecule has 0 atom stereocenters. The van der Waals surface area contributed by atoms with Gasteiger partial charge in [-0.05, 0) is 48.9 Å². The largest absolute Gasteiger partial charge is 0.497 e. The van der Waals surface area contributed by atoms with E-state index in [2.05, 4.69) is 20.5 Å². The number of ether oxygens (including phenoxy) is 2. The van der Waals surface area contributed by atoms with Crippen LogP contribution in [0.2, 0.25) is 0 Å². The monoisotopic (exact) mass is 423 g/mol. The van der Waals surface area contributed by atoms with Crippen LogP contribution in [-0.4, -0.2) is 38.6 Å². The average molecular weight is 423 g/mol. The Labute approximate surface area is 175 Å². The van der Waals surface area contributed by atoms with Crippen LogP contribution in [0.4, 0.5) is 5.69 Å². The molecule has 0 radical (unpaired) electrons. The third-order valence-electron chi connectivity index (χ3n) is 4.16. The molecular weight excluding hydrogens is 406 g/mol. The first kappa shape index (κ1) is 19.5. The molecule has 1 amide bonds. The van der Waals surface area contributed by atoms with Crippen molar-refractivity contribution in [2.75, 3.05) is 12.4 Å². The van der Waals surface area contributed by atoms with Crippen LogP contribution in [-0.2, 0) is 11.3 Å². The summed E-state index contributed by atoms with van der Waals surface area (Å²) >= 11 is 1.05. The van der Waals surface area contributed by atoms with E-state index in [1.54, 1.807) is 42.0 Å². The quantitative estimate of drug-likeness (QED) is 0.475. The van der Waals surface area contributed by atoms with E-state index in [1.165, 1.54) is 0 Å². The molecule has 0 aliphatic carbocycles. The molecule has 0 aliphatic rings. The van der Waals surface area contributed by atoms with E-state index in [1.807, 2.05) is 25.3 Å². The molecule has 152 valence electrons. The average Bonchev–Trinajstić information content (AvgIpc) is 3.39. The Morgan fingerprint density at radius 2 is 1.97 bits per heavy atom. The number of nitrogens with zero attached hydrogens (tertiary/aromatic N) is 4. The molecule has 0 saturated carbocycles. The summed E-state index contributed by atoms with van der Waals surface area (Å²) < 4.78 is 12.1. The van der Waals surface area contributed by atoms with Gasteiger partial charge in [-0.2, -0.15) is 0 Å². The molecule has 4 aromatic rings. The summed E-state index contributed by atoms with van der Waals surface area (Å²) in [5.74, 6) is -0.282. The van der Waals surface area contributed by atoms with Crippen molar-refractivity contribution < 1.29 is 19.1 Å². The first-order chi connectivity index (χ1) is 14.5.